The van der Waals surface area contributed by atoms with E-state index in [1.807, 2.05) is 91.0 Å². The molecule has 0 amide bonds. The molecule has 0 heterocycles. The predicted octanol–water partition coefficient (Wildman–Crippen LogP) is 5.48. The summed E-state index contributed by atoms with van der Waals surface area (Å²) in [5.41, 5.74) is 3.06. The van der Waals surface area contributed by atoms with Gasteiger partial charge in [-0.25, -0.2) is 0 Å². The maximum atomic E-state index is 10.8. The monoisotopic (exact) mass is 444 g/mol. The topological polar surface area (TPSA) is 47.9 Å². The Kier molecular flexibility index (Phi) is 10.1. The molecular formula is C29H32O4. The molecule has 0 bridgehead atoms. The summed E-state index contributed by atoms with van der Waals surface area (Å²) in [7, 11) is 0. The molecule has 0 spiro atoms. The Bertz CT molecular complexity index is 943. The summed E-state index contributed by atoms with van der Waals surface area (Å²) in [4.78, 5) is 0. The summed E-state index contributed by atoms with van der Waals surface area (Å²) < 4.78 is 18.7. The fourth-order valence-corrected chi connectivity index (χ4v) is 3.50. The highest BCUT2D eigenvalue weighted by Crippen LogP contribution is 2.22. The van der Waals surface area contributed by atoms with Crippen molar-refractivity contribution in [2.45, 2.75) is 44.2 Å². The Morgan fingerprint density at radius 2 is 0.970 bits per heavy atom. The van der Waals surface area contributed by atoms with Crippen molar-refractivity contribution >= 4 is 0 Å². The van der Waals surface area contributed by atoms with Crippen LogP contribution in [0.4, 0.5) is 0 Å². The molecule has 0 radical (unpaired) electrons. The second-order valence-electron chi connectivity index (χ2n) is 7.75. The van der Waals surface area contributed by atoms with Gasteiger partial charge >= 0.3 is 0 Å². The molecule has 0 fully saturated rings. The molecule has 4 nitrogen and oxygen atoms in total. The van der Waals surface area contributed by atoms with Crippen LogP contribution in [0.1, 0.15) is 16.7 Å². The molecule has 0 aliphatic heterocycles. The molecule has 3 rings (SSSR count). The third kappa shape index (κ3) is 7.81. The second kappa shape index (κ2) is 13.5. The van der Waals surface area contributed by atoms with E-state index in [9.17, 15) is 5.11 Å². The van der Waals surface area contributed by atoms with Gasteiger partial charge in [0.05, 0.1) is 19.8 Å². The normalized spacial score (nSPS) is 14.7. The van der Waals surface area contributed by atoms with E-state index in [0.717, 1.165) is 16.7 Å². The van der Waals surface area contributed by atoms with E-state index in [2.05, 4.69) is 13.2 Å². The van der Waals surface area contributed by atoms with Crippen molar-refractivity contribution in [2.75, 3.05) is 0 Å². The van der Waals surface area contributed by atoms with Crippen molar-refractivity contribution in [1.82, 2.24) is 0 Å². The lowest BCUT2D eigenvalue weighted by Crippen LogP contribution is -2.47. The van der Waals surface area contributed by atoms with Crippen LogP contribution in [0.2, 0.25) is 0 Å². The Morgan fingerprint density at radius 1 is 0.576 bits per heavy atom. The van der Waals surface area contributed by atoms with Gasteiger partial charge in [0.25, 0.3) is 0 Å². The average molecular weight is 445 g/mol. The summed E-state index contributed by atoms with van der Waals surface area (Å²) in [5, 5.41) is 10.8. The van der Waals surface area contributed by atoms with Gasteiger partial charge in [-0.3, -0.25) is 0 Å². The summed E-state index contributed by atoms with van der Waals surface area (Å²) in [5.74, 6) is 0. The van der Waals surface area contributed by atoms with Crippen molar-refractivity contribution in [2.24, 2.45) is 0 Å². The van der Waals surface area contributed by atoms with Crippen molar-refractivity contribution in [1.29, 1.82) is 0 Å². The largest absolute Gasteiger partial charge is 0.386 e. The Hall–Kier alpha value is -3.02. The summed E-state index contributed by atoms with van der Waals surface area (Å²) in [6, 6.07) is 29.6. The first kappa shape index (κ1) is 24.6. The van der Waals surface area contributed by atoms with E-state index in [0.29, 0.717) is 19.8 Å². The molecule has 2 unspecified atom stereocenters. The van der Waals surface area contributed by atoms with Gasteiger partial charge in [0.2, 0.25) is 0 Å². The van der Waals surface area contributed by atoms with Gasteiger partial charge in [0, 0.05) is 0 Å². The molecule has 172 valence electrons. The van der Waals surface area contributed by atoms with Gasteiger partial charge in [-0.1, -0.05) is 103 Å². The van der Waals surface area contributed by atoms with Crippen LogP contribution in [-0.4, -0.2) is 29.5 Å². The quantitative estimate of drug-likeness (QED) is 0.335. The number of rotatable bonds is 14. The first-order valence-electron chi connectivity index (χ1n) is 11.1. The van der Waals surface area contributed by atoms with Gasteiger partial charge in [-0.2, -0.15) is 0 Å². The molecule has 1 N–H and O–H groups in total. The fourth-order valence-electron chi connectivity index (χ4n) is 3.50. The first-order valence-corrected chi connectivity index (χ1v) is 11.1. The zero-order chi connectivity index (χ0) is 23.3. The molecule has 0 saturated heterocycles. The van der Waals surface area contributed by atoms with E-state index in [4.69, 9.17) is 14.2 Å². The lowest BCUT2D eigenvalue weighted by molar-refractivity contribution is -0.161. The molecule has 0 aliphatic carbocycles. The van der Waals surface area contributed by atoms with Gasteiger partial charge in [-0.05, 0) is 16.7 Å². The molecule has 0 aliphatic rings. The Balaban J connectivity index is 1.80. The summed E-state index contributed by atoms with van der Waals surface area (Å²) >= 11 is 0. The van der Waals surface area contributed by atoms with Crippen molar-refractivity contribution in [3.63, 3.8) is 0 Å². The van der Waals surface area contributed by atoms with E-state index in [-0.39, 0.29) is 0 Å². The lowest BCUT2D eigenvalue weighted by atomic mass is 10.0. The first-order chi connectivity index (χ1) is 16.2. The third-order valence-corrected chi connectivity index (χ3v) is 5.31. The lowest BCUT2D eigenvalue weighted by Gasteiger charge is -2.34. The molecular weight excluding hydrogens is 412 g/mol. The standard InChI is InChI=1S/C29H32O4/c1-3-26(30)28(32-21-24-16-10-6-11-17-24)29(33-22-25-18-12-7-13-19-25)27(4-2)31-20-23-14-8-5-9-15-23/h3-19,26-30H,1-2,20-22H2/t26-,27?,28-,29?/m1/s1. The van der Waals surface area contributed by atoms with Gasteiger partial charge in [0.15, 0.2) is 0 Å². The highest BCUT2D eigenvalue weighted by Gasteiger charge is 2.34. The van der Waals surface area contributed by atoms with Crippen LogP contribution in [0.25, 0.3) is 0 Å². The SMILES string of the molecule is C=CC(OCc1ccccc1)C(OCc1ccccc1)[C@H](OCc1ccccc1)[C@H](O)C=C. The van der Waals surface area contributed by atoms with Crippen LogP contribution >= 0.6 is 0 Å². The van der Waals surface area contributed by atoms with E-state index >= 15 is 0 Å². The number of benzene rings is 3. The number of hydrogen-bond acceptors (Lipinski definition) is 4. The van der Waals surface area contributed by atoms with Crippen LogP contribution < -0.4 is 0 Å². The van der Waals surface area contributed by atoms with Gasteiger partial charge in [0.1, 0.15) is 24.4 Å². The predicted molar refractivity (Wildman–Crippen MR) is 131 cm³/mol. The summed E-state index contributed by atoms with van der Waals surface area (Å²) in [6.07, 6.45) is 0.397. The minimum absolute atomic E-state index is 0.324. The minimum Gasteiger partial charge on any atom is -0.386 e. The summed E-state index contributed by atoms with van der Waals surface area (Å²) in [6.45, 7) is 8.79. The molecule has 33 heavy (non-hydrogen) atoms. The number of aliphatic hydroxyl groups excluding tert-OH is 1. The van der Waals surface area contributed by atoms with Crippen molar-refractivity contribution in [3.8, 4) is 0 Å². The fraction of sp³-hybridized carbons (Fsp3) is 0.241. The molecule has 4 heteroatoms. The zero-order valence-electron chi connectivity index (χ0n) is 18.8. The van der Waals surface area contributed by atoms with E-state index in [1.165, 1.54) is 6.08 Å². The smallest absolute Gasteiger partial charge is 0.117 e. The maximum Gasteiger partial charge on any atom is 0.117 e. The van der Waals surface area contributed by atoms with E-state index < -0.39 is 24.4 Å². The molecule has 3 aromatic rings. The van der Waals surface area contributed by atoms with Gasteiger partial charge in [-0.15, -0.1) is 13.2 Å². The van der Waals surface area contributed by atoms with Crippen molar-refractivity contribution in [3.05, 3.63) is 133 Å². The Labute approximate surface area is 196 Å². The molecule has 4 atom stereocenters. The number of aliphatic hydroxyl groups is 1. The second-order valence-corrected chi connectivity index (χ2v) is 7.75. The van der Waals surface area contributed by atoms with Crippen molar-refractivity contribution < 1.29 is 19.3 Å². The van der Waals surface area contributed by atoms with Crippen LogP contribution in [0.15, 0.2) is 116 Å². The van der Waals surface area contributed by atoms with Crippen LogP contribution in [-0.2, 0) is 34.0 Å². The van der Waals surface area contributed by atoms with Crippen LogP contribution in [0.3, 0.4) is 0 Å². The highest BCUT2D eigenvalue weighted by molar-refractivity contribution is 5.16. The average Bonchev–Trinajstić information content (AvgIpc) is 2.88. The maximum absolute atomic E-state index is 10.8. The van der Waals surface area contributed by atoms with Crippen LogP contribution in [0, 0.1) is 0 Å². The zero-order valence-corrected chi connectivity index (χ0v) is 18.8. The highest BCUT2D eigenvalue weighted by atomic mass is 16.6. The van der Waals surface area contributed by atoms with Crippen LogP contribution in [0.5, 0.6) is 0 Å². The molecule has 3 aromatic carbocycles. The third-order valence-electron chi connectivity index (χ3n) is 5.31. The molecule has 0 aromatic heterocycles. The number of ether oxygens (including phenoxy) is 3. The molecule has 0 saturated carbocycles. The Morgan fingerprint density at radius 3 is 1.36 bits per heavy atom. The minimum atomic E-state index is -0.947. The number of hydrogen-bond donors (Lipinski definition) is 1. The van der Waals surface area contributed by atoms with E-state index in [1.54, 1.807) is 6.08 Å². The van der Waals surface area contributed by atoms with Gasteiger partial charge < -0.3 is 19.3 Å².